The van der Waals surface area contributed by atoms with Crippen LogP contribution in [-0.4, -0.2) is 5.11 Å². The zero-order chi connectivity index (χ0) is 11.6. The van der Waals surface area contributed by atoms with E-state index in [0.29, 0.717) is 5.75 Å². The Bertz CT molecular complexity index is 367. The predicted octanol–water partition coefficient (Wildman–Crippen LogP) is 3.57. The Morgan fingerprint density at radius 1 is 1.47 bits per heavy atom. The molecule has 15 heavy (non-hydrogen) atoms. The Morgan fingerprint density at radius 2 is 1.93 bits per heavy atom. The summed E-state index contributed by atoms with van der Waals surface area (Å²) >= 11 is 4.22. The van der Waals surface area contributed by atoms with Crippen molar-refractivity contribution in [3.8, 4) is 5.75 Å². The van der Waals surface area contributed by atoms with Crippen LogP contribution >= 0.6 is 45.2 Å². The standard InChI is InChI=1S/C11H13I2NO/c1-6(2)3-10(14)7-4-8(12)11(15)9(13)5-7/h4-5,10,15H,1,3,14H2,2H3/t10-/m1/s1. The lowest BCUT2D eigenvalue weighted by Gasteiger charge is -2.13. The first kappa shape index (κ1) is 13.2. The molecule has 0 saturated heterocycles. The molecule has 0 amide bonds. The first-order chi connectivity index (χ1) is 6.91. The zero-order valence-corrected chi connectivity index (χ0v) is 12.7. The van der Waals surface area contributed by atoms with Gasteiger partial charge in [0, 0.05) is 6.04 Å². The number of hydrogen-bond donors (Lipinski definition) is 2. The molecule has 2 nitrogen and oxygen atoms in total. The zero-order valence-electron chi connectivity index (χ0n) is 8.43. The largest absolute Gasteiger partial charge is 0.506 e. The normalized spacial score (nSPS) is 12.5. The quantitative estimate of drug-likeness (QED) is 0.571. The number of halogens is 2. The van der Waals surface area contributed by atoms with Crippen molar-refractivity contribution in [2.75, 3.05) is 0 Å². The molecule has 0 saturated carbocycles. The van der Waals surface area contributed by atoms with Gasteiger partial charge in [0.25, 0.3) is 0 Å². The molecule has 1 aromatic rings. The molecule has 1 rings (SSSR count). The Hall–Kier alpha value is 0.180. The third-order valence-corrected chi connectivity index (χ3v) is 3.68. The lowest BCUT2D eigenvalue weighted by atomic mass is 10.0. The maximum absolute atomic E-state index is 9.62. The fourth-order valence-corrected chi connectivity index (χ4v) is 3.11. The number of nitrogens with two attached hydrogens (primary N) is 1. The molecule has 0 radical (unpaired) electrons. The summed E-state index contributed by atoms with van der Waals surface area (Å²) in [6.45, 7) is 5.82. The Labute approximate surface area is 117 Å². The fourth-order valence-electron chi connectivity index (χ4n) is 1.29. The summed E-state index contributed by atoms with van der Waals surface area (Å²) in [5.74, 6) is 0.336. The van der Waals surface area contributed by atoms with E-state index in [1.807, 2.05) is 19.1 Å². The third kappa shape index (κ3) is 3.60. The van der Waals surface area contributed by atoms with Crippen LogP contribution in [0.3, 0.4) is 0 Å². The summed E-state index contributed by atoms with van der Waals surface area (Å²) in [6.07, 6.45) is 0.775. The van der Waals surface area contributed by atoms with E-state index in [0.717, 1.165) is 24.7 Å². The molecular formula is C11H13I2NO. The minimum absolute atomic E-state index is 0.0369. The van der Waals surface area contributed by atoms with Gasteiger partial charge in [-0.25, -0.2) is 0 Å². The molecule has 1 atom stereocenters. The van der Waals surface area contributed by atoms with Gasteiger partial charge in [-0.15, -0.1) is 6.58 Å². The van der Waals surface area contributed by atoms with Crippen LogP contribution in [0.2, 0.25) is 0 Å². The summed E-state index contributed by atoms with van der Waals surface area (Å²) in [4.78, 5) is 0. The molecule has 3 N–H and O–H groups in total. The first-order valence-corrected chi connectivity index (χ1v) is 6.65. The topological polar surface area (TPSA) is 46.2 Å². The van der Waals surface area contributed by atoms with E-state index in [-0.39, 0.29) is 6.04 Å². The summed E-state index contributed by atoms with van der Waals surface area (Å²) in [5.41, 5.74) is 8.15. The van der Waals surface area contributed by atoms with Crippen LogP contribution in [0.1, 0.15) is 24.9 Å². The highest BCUT2D eigenvalue weighted by molar-refractivity contribution is 14.1. The second-order valence-corrected chi connectivity index (χ2v) is 5.93. The molecule has 0 aromatic heterocycles. The molecule has 82 valence electrons. The average Bonchev–Trinajstić information content (AvgIpc) is 2.12. The molecule has 0 spiro atoms. The molecule has 0 fully saturated rings. The van der Waals surface area contributed by atoms with Gasteiger partial charge in [0.2, 0.25) is 0 Å². The van der Waals surface area contributed by atoms with E-state index in [4.69, 9.17) is 5.73 Å². The van der Waals surface area contributed by atoms with Crippen molar-refractivity contribution in [3.05, 3.63) is 37.0 Å². The van der Waals surface area contributed by atoms with Gasteiger partial charge in [0.05, 0.1) is 7.14 Å². The Balaban J connectivity index is 3.00. The molecule has 0 heterocycles. The third-order valence-electron chi connectivity index (χ3n) is 2.04. The predicted molar refractivity (Wildman–Crippen MR) is 79.9 cm³/mol. The van der Waals surface area contributed by atoms with Gasteiger partial charge in [-0.1, -0.05) is 5.57 Å². The van der Waals surface area contributed by atoms with Crippen LogP contribution in [0, 0.1) is 7.14 Å². The van der Waals surface area contributed by atoms with Crippen LogP contribution in [0.4, 0.5) is 0 Å². The molecule has 0 aliphatic rings. The number of rotatable bonds is 3. The number of aromatic hydroxyl groups is 1. The van der Waals surface area contributed by atoms with Gasteiger partial charge in [0.15, 0.2) is 0 Å². The molecule has 0 aliphatic carbocycles. The SMILES string of the molecule is C=C(C)C[C@@H](N)c1cc(I)c(O)c(I)c1. The van der Waals surface area contributed by atoms with Gasteiger partial charge in [-0.2, -0.15) is 0 Å². The van der Waals surface area contributed by atoms with Gasteiger partial charge in [-0.3, -0.25) is 0 Å². The highest BCUT2D eigenvalue weighted by atomic mass is 127. The molecule has 1 aromatic carbocycles. The van der Waals surface area contributed by atoms with E-state index in [1.54, 1.807) is 0 Å². The van der Waals surface area contributed by atoms with E-state index in [2.05, 4.69) is 51.8 Å². The number of benzene rings is 1. The minimum atomic E-state index is -0.0369. The van der Waals surface area contributed by atoms with E-state index < -0.39 is 0 Å². The summed E-state index contributed by atoms with van der Waals surface area (Å²) < 4.78 is 1.68. The number of phenols is 1. The fraction of sp³-hybridized carbons (Fsp3) is 0.273. The Morgan fingerprint density at radius 3 is 2.33 bits per heavy atom. The van der Waals surface area contributed by atoms with Crippen molar-refractivity contribution >= 4 is 45.2 Å². The molecular weight excluding hydrogens is 416 g/mol. The van der Waals surface area contributed by atoms with E-state index in [9.17, 15) is 5.11 Å². The highest BCUT2D eigenvalue weighted by Crippen LogP contribution is 2.30. The second kappa shape index (κ2) is 5.49. The van der Waals surface area contributed by atoms with E-state index >= 15 is 0 Å². The van der Waals surface area contributed by atoms with Crippen molar-refractivity contribution < 1.29 is 5.11 Å². The Kier molecular flexibility index (Phi) is 4.85. The average molecular weight is 429 g/mol. The highest BCUT2D eigenvalue weighted by Gasteiger charge is 2.11. The summed E-state index contributed by atoms with van der Waals surface area (Å²) in [6, 6.07) is 3.81. The maximum Gasteiger partial charge on any atom is 0.142 e. The van der Waals surface area contributed by atoms with Crippen LogP contribution < -0.4 is 5.73 Å². The monoisotopic (exact) mass is 429 g/mol. The lowest BCUT2D eigenvalue weighted by Crippen LogP contribution is -2.11. The summed E-state index contributed by atoms with van der Waals surface area (Å²) in [5, 5.41) is 9.62. The van der Waals surface area contributed by atoms with Crippen molar-refractivity contribution in [3.63, 3.8) is 0 Å². The lowest BCUT2D eigenvalue weighted by molar-refractivity contribution is 0.467. The van der Waals surface area contributed by atoms with Crippen molar-refractivity contribution in [2.24, 2.45) is 5.73 Å². The molecule has 4 heteroatoms. The van der Waals surface area contributed by atoms with Gasteiger partial charge in [-0.05, 0) is 76.2 Å². The number of hydrogen-bond acceptors (Lipinski definition) is 2. The second-order valence-electron chi connectivity index (χ2n) is 3.60. The van der Waals surface area contributed by atoms with Crippen molar-refractivity contribution in [1.82, 2.24) is 0 Å². The van der Waals surface area contributed by atoms with Gasteiger partial charge < -0.3 is 10.8 Å². The van der Waals surface area contributed by atoms with Crippen molar-refractivity contribution in [2.45, 2.75) is 19.4 Å². The maximum atomic E-state index is 9.62. The first-order valence-electron chi connectivity index (χ1n) is 4.49. The van der Waals surface area contributed by atoms with Crippen LogP contribution in [0.25, 0.3) is 0 Å². The summed E-state index contributed by atoms with van der Waals surface area (Å²) in [7, 11) is 0. The van der Waals surface area contributed by atoms with Crippen LogP contribution in [-0.2, 0) is 0 Å². The van der Waals surface area contributed by atoms with Gasteiger partial charge >= 0.3 is 0 Å². The van der Waals surface area contributed by atoms with E-state index in [1.165, 1.54) is 0 Å². The van der Waals surface area contributed by atoms with Crippen LogP contribution in [0.15, 0.2) is 24.3 Å². The molecule has 0 bridgehead atoms. The van der Waals surface area contributed by atoms with Crippen molar-refractivity contribution in [1.29, 1.82) is 0 Å². The smallest absolute Gasteiger partial charge is 0.142 e. The molecule has 0 aliphatic heterocycles. The number of phenolic OH excluding ortho intramolecular Hbond substituents is 1. The minimum Gasteiger partial charge on any atom is -0.506 e. The molecule has 0 unspecified atom stereocenters. The van der Waals surface area contributed by atoms with Gasteiger partial charge in [0.1, 0.15) is 5.75 Å². The van der Waals surface area contributed by atoms with Crippen LogP contribution in [0.5, 0.6) is 5.75 Å².